The standard InChI is InChI=1S/C31H34F2N2O2S/c32-25-11-7-23(8-12-25)31(24-9-13-26(33)14-10-24)37-21-20-35-18-16-34(17-19-35)15-3-5-29(36)28-22-38-30-6-2-1-4-27(28)30/h1-2,4,6-14,22,29,31,36H,3,5,15-21H2. The lowest BCUT2D eigenvalue weighted by molar-refractivity contribution is 0.0444. The van der Waals surface area contributed by atoms with Crippen LogP contribution in [0, 0.1) is 11.6 Å². The van der Waals surface area contributed by atoms with Crippen LogP contribution in [0.5, 0.6) is 0 Å². The third-order valence-electron chi connectivity index (χ3n) is 7.32. The molecule has 0 amide bonds. The zero-order valence-corrected chi connectivity index (χ0v) is 22.3. The smallest absolute Gasteiger partial charge is 0.123 e. The van der Waals surface area contributed by atoms with Crippen LogP contribution in [0.25, 0.3) is 10.1 Å². The summed E-state index contributed by atoms with van der Waals surface area (Å²) in [5.74, 6) is -0.585. The summed E-state index contributed by atoms with van der Waals surface area (Å²) in [5.41, 5.74) is 2.75. The van der Waals surface area contributed by atoms with Gasteiger partial charge in [-0.3, -0.25) is 4.90 Å². The van der Waals surface area contributed by atoms with Gasteiger partial charge in [0, 0.05) is 37.4 Å². The van der Waals surface area contributed by atoms with Crippen LogP contribution in [0.1, 0.15) is 41.7 Å². The lowest BCUT2D eigenvalue weighted by Crippen LogP contribution is -2.47. The van der Waals surface area contributed by atoms with E-state index in [1.807, 2.05) is 12.1 Å². The number of benzene rings is 3. The number of halogens is 2. The second-order valence-electron chi connectivity index (χ2n) is 9.88. The van der Waals surface area contributed by atoms with Gasteiger partial charge < -0.3 is 14.7 Å². The maximum absolute atomic E-state index is 13.5. The summed E-state index contributed by atoms with van der Waals surface area (Å²) in [6.07, 6.45) is 0.943. The van der Waals surface area contributed by atoms with Gasteiger partial charge in [-0.05, 0) is 77.2 Å². The molecule has 200 valence electrons. The highest BCUT2D eigenvalue weighted by Gasteiger charge is 2.20. The average Bonchev–Trinajstić information content (AvgIpc) is 3.38. The second kappa shape index (κ2) is 12.9. The van der Waals surface area contributed by atoms with E-state index >= 15 is 0 Å². The zero-order valence-electron chi connectivity index (χ0n) is 21.4. The average molecular weight is 537 g/mol. The van der Waals surface area contributed by atoms with E-state index in [4.69, 9.17) is 4.74 Å². The molecule has 3 aromatic carbocycles. The fourth-order valence-corrected chi connectivity index (χ4v) is 6.12. The van der Waals surface area contributed by atoms with Gasteiger partial charge in [0.1, 0.15) is 17.7 Å². The minimum absolute atomic E-state index is 0.293. The van der Waals surface area contributed by atoms with Gasteiger partial charge in [-0.2, -0.15) is 0 Å². The fraction of sp³-hybridized carbons (Fsp3) is 0.355. The van der Waals surface area contributed by atoms with Gasteiger partial charge >= 0.3 is 0 Å². The Morgan fingerprint density at radius 1 is 0.789 bits per heavy atom. The zero-order chi connectivity index (χ0) is 26.3. The Morgan fingerprint density at radius 3 is 2.00 bits per heavy atom. The third-order valence-corrected chi connectivity index (χ3v) is 8.31. The molecule has 1 aliphatic rings. The molecule has 1 unspecified atom stereocenters. The minimum Gasteiger partial charge on any atom is -0.388 e. The summed E-state index contributed by atoms with van der Waals surface area (Å²) in [4.78, 5) is 4.87. The maximum atomic E-state index is 13.5. The molecule has 0 bridgehead atoms. The van der Waals surface area contributed by atoms with Crippen LogP contribution < -0.4 is 0 Å². The highest BCUT2D eigenvalue weighted by Crippen LogP contribution is 2.32. The van der Waals surface area contributed by atoms with E-state index < -0.39 is 6.10 Å². The molecule has 1 saturated heterocycles. The molecule has 0 aliphatic carbocycles. The number of fused-ring (bicyclic) bond motifs is 1. The molecule has 0 saturated carbocycles. The predicted octanol–water partition coefficient (Wildman–Crippen LogP) is 6.42. The molecule has 1 aromatic heterocycles. The Hall–Kier alpha value is -2.68. The van der Waals surface area contributed by atoms with Crippen molar-refractivity contribution in [1.29, 1.82) is 0 Å². The molecule has 0 spiro atoms. The number of ether oxygens (including phenoxy) is 1. The van der Waals surface area contributed by atoms with Gasteiger partial charge in [0.05, 0.1) is 12.7 Å². The highest BCUT2D eigenvalue weighted by atomic mass is 32.1. The Labute approximate surface area is 227 Å². The van der Waals surface area contributed by atoms with E-state index in [2.05, 4.69) is 27.3 Å². The normalized spacial score (nSPS) is 15.9. The Kier molecular flexibility index (Phi) is 9.14. The lowest BCUT2D eigenvalue weighted by atomic mass is 10.0. The van der Waals surface area contributed by atoms with E-state index in [1.54, 1.807) is 35.6 Å². The summed E-state index contributed by atoms with van der Waals surface area (Å²) in [7, 11) is 0. The first-order valence-electron chi connectivity index (χ1n) is 13.3. The molecule has 5 rings (SSSR count). The van der Waals surface area contributed by atoms with Crippen LogP contribution in [-0.4, -0.2) is 60.8 Å². The highest BCUT2D eigenvalue weighted by molar-refractivity contribution is 7.17. The lowest BCUT2D eigenvalue weighted by Gasteiger charge is -2.35. The molecule has 1 N–H and O–H groups in total. The van der Waals surface area contributed by atoms with Crippen LogP contribution in [0.4, 0.5) is 8.78 Å². The molecule has 2 heterocycles. The van der Waals surface area contributed by atoms with Gasteiger partial charge in [0.15, 0.2) is 0 Å². The van der Waals surface area contributed by atoms with Crippen LogP contribution in [0.2, 0.25) is 0 Å². The van der Waals surface area contributed by atoms with Crippen molar-refractivity contribution in [3.63, 3.8) is 0 Å². The topological polar surface area (TPSA) is 35.9 Å². The van der Waals surface area contributed by atoms with E-state index in [-0.39, 0.29) is 17.7 Å². The van der Waals surface area contributed by atoms with E-state index in [1.165, 1.54) is 34.4 Å². The van der Waals surface area contributed by atoms with Crippen LogP contribution in [0.15, 0.2) is 78.2 Å². The third kappa shape index (κ3) is 6.84. The summed E-state index contributed by atoms with van der Waals surface area (Å²) >= 11 is 1.69. The monoisotopic (exact) mass is 536 g/mol. The Balaban J connectivity index is 1.05. The van der Waals surface area contributed by atoms with Crippen molar-refractivity contribution < 1.29 is 18.6 Å². The number of aliphatic hydroxyl groups excluding tert-OH is 1. The predicted molar refractivity (Wildman–Crippen MR) is 149 cm³/mol. The summed E-state index contributed by atoms with van der Waals surface area (Å²) < 4.78 is 34.4. The van der Waals surface area contributed by atoms with Gasteiger partial charge in [-0.25, -0.2) is 8.78 Å². The molecule has 1 aliphatic heterocycles. The molecule has 1 atom stereocenters. The number of piperazine rings is 1. The summed E-state index contributed by atoms with van der Waals surface area (Å²) in [6, 6.07) is 20.9. The molecule has 0 radical (unpaired) electrons. The fourth-order valence-electron chi connectivity index (χ4n) is 5.12. The first-order valence-corrected chi connectivity index (χ1v) is 14.2. The van der Waals surface area contributed by atoms with Gasteiger partial charge in [0.2, 0.25) is 0 Å². The van der Waals surface area contributed by atoms with Crippen molar-refractivity contribution in [3.8, 4) is 0 Å². The number of aliphatic hydroxyl groups is 1. The minimum atomic E-state index is -0.417. The number of rotatable bonds is 11. The number of hydrogen-bond acceptors (Lipinski definition) is 5. The molecule has 38 heavy (non-hydrogen) atoms. The van der Waals surface area contributed by atoms with Crippen molar-refractivity contribution >= 4 is 21.4 Å². The van der Waals surface area contributed by atoms with Gasteiger partial charge in [-0.1, -0.05) is 42.5 Å². The van der Waals surface area contributed by atoms with Crippen molar-refractivity contribution in [2.75, 3.05) is 45.9 Å². The molecule has 4 aromatic rings. The number of hydrogen-bond donors (Lipinski definition) is 1. The number of nitrogens with zero attached hydrogens (tertiary/aromatic N) is 2. The van der Waals surface area contributed by atoms with E-state index in [9.17, 15) is 13.9 Å². The molecule has 7 heteroatoms. The van der Waals surface area contributed by atoms with E-state index in [0.717, 1.165) is 68.8 Å². The Morgan fingerprint density at radius 2 is 1.37 bits per heavy atom. The summed E-state index contributed by atoms with van der Waals surface area (Å²) in [5, 5.41) is 14.0. The first-order chi connectivity index (χ1) is 18.6. The van der Waals surface area contributed by atoms with Crippen molar-refractivity contribution in [2.45, 2.75) is 25.0 Å². The quantitative estimate of drug-likeness (QED) is 0.240. The van der Waals surface area contributed by atoms with Crippen LogP contribution in [0.3, 0.4) is 0 Å². The molecular formula is C31H34F2N2O2S. The van der Waals surface area contributed by atoms with Crippen LogP contribution >= 0.6 is 11.3 Å². The van der Waals surface area contributed by atoms with Crippen molar-refractivity contribution in [3.05, 3.63) is 107 Å². The first kappa shape index (κ1) is 26.9. The molecule has 4 nitrogen and oxygen atoms in total. The summed E-state index contributed by atoms with van der Waals surface area (Å²) in [6.45, 7) is 6.25. The van der Waals surface area contributed by atoms with Gasteiger partial charge in [-0.15, -0.1) is 11.3 Å². The number of thiophene rings is 1. The van der Waals surface area contributed by atoms with Crippen molar-refractivity contribution in [1.82, 2.24) is 9.80 Å². The maximum Gasteiger partial charge on any atom is 0.123 e. The second-order valence-corrected chi connectivity index (χ2v) is 10.8. The van der Waals surface area contributed by atoms with Gasteiger partial charge in [0.25, 0.3) is 0 Å². The Bertz CT molecular complexity index is 1240. The molecule has 1 fully saturated rings. The van der Waals surface area contributed by atoms with E-state index in [0.29, 0.717) is 6.61 Å². The van der Waals surface area contributed by atoms with Crippen molar-refractivity contribution in [2.24, 2.45) is 0 Å². The largest absolute Gasteiger partial charge is 0.388 e. The molecular weight excluding hydrogens is 502 g/mol. The SMILES string of the molecule is OC(CCCN1CCN(CCOC(c2ccc(F)cc2)c2ccc(F)cc2)CC1)c1csc2ccccc12. The van der Waals surface area contributed by atoms with Crippen LogP contribution in [-0.2, 0) is 4.74 Å².